The average Bonchev–Trinajstić information content (AvgIpc) is 2.79. The maximum Gasteiger partial charge on any atom is 0.354 e. The van der Waals surface area contributed by atoms with Crippen LogP contribution in [0.5, 0.6) is 0 Å². The Morgan fingerprint density at radius 3 is 2.66 bits per heavy atom. The van der Waals surface area contributed by atoms with E-state index in [0.717, 1.165) is 25.7 Å². The molecular weight excluding hydrogens is 426 g/mol. The third kappa shape index (κ3) is 4.79. The summed E-state index contributed by atoms with van der Waals surface area (Å²) in [7, 11) is -3.71. The summed E-state index contributed by atoms with van der Waals surface area (Å²) in [5, 5.41) is 8.95. The Balaban J connectivity index is 1.56. The molecule has 0 spiro atoms. The number of nitrogens with zero attached hydrogens (tertiary/aromatic N) is 2. The van der Waals surface area contributed by atoms with Crippen molar-refractivity contribution in [1.82, 2.24) is 9.29 Å². The van der Waals surface area contributed by atoms with Gasteiger partial charge in [0.15, 0.2) is 0 Å². The second-order valence-electron chi connectivity index (χ2n) is 8.53. The topological polar surface area (TPSA) is 99.6 Å². The molecule has 2 heterocycles. The fraction of sp³-hybridized carbons (Fsp3) is 0.417. The Hall–Kier alpha value is -2.89. The van der Waals surface area contributed by atoms with Gasteiger partial charge >= 0.3 is 16.2 Å². The van der Waals surface area contributed by atoms with Crippen molar-refractivity contribution in [3.05, 3.63) is 59.4 Å². The van der Waals surface area contributed by atoms with Crippen LogP contribution in [0.2, 0.25) is 0 Å². The molecule has 0 amide bonds. The summed E-state index contributed by atoms with van der Waals surface area (Å²) in [5.74, 6) is 5.78. The zero-order chi connectivity index (χ0) is 22.7. The predicted molar refractivity (Wildman–Crippen MR) is 122 cm³/mol. The molecule has 2 fully saturated rings. The Labute approximate surface area is 189 Å². The number of pyridine rings is 1. The molecule has 2 aliphatic rings. The molecule has 1 aliphatic heterocycles. The third-order valence-electron chi connectivity index (χ3n) is 6.49. The minimum Gasteiger partial charge on any atom is -0.477 e. The number of anilines is 1. The third-order valence-corrected chi connectivity index (χ3v) is 8.03. The lowest BCUT2D eigenvalue weighted by atomic mass is 9.74. The molecule has 1 aromatic carbocycles. The van der Waals surface area contributed by atoms with Gasteiger partial charge in [-0.25, -0.2) is 9.78 Å². The molecular formula is C24H27N3O4S. The van der Waals surface area contributed by atoms with Gasteiger partial charge < -0.3 is 5.11 Å². The minimum absolute atomic E-state index is 0.0550. The fourth-order valence-electron chi connectivity index (χ4n) is 4.78. The molecule has 1 aromatic heterocycles. The van der Waals surface area contributed by atoms with Gasteiger partial charge in [-0.1, -0.05) is 43.7 Å². The first-order chi connectivity index (χ1) is 15.3. The molecule has 4 rings (SSSR count). The number of aromatic nitrogens is 1. The van der Waals surface area contributed by atoms with E-state index < -0.39 is 16.2 Å². The molecule has 1 saturated heterocycles. The fourth-order valence-corrected chi connectivity index (χ4v) is 6.32. The summed E-state index contributed by atoms with van der Waals surface area (Å²) >= 11 is 0. The Bertz CT molecular complexity index is 1150. The zero-order valence-corrected chi connectivity index (χ0v) is 18.8. The highest BCUT2D eigenvalue weighted by Crippen LogP contribution is 2.40. The number of nitrogens with one attached hydrogen (secondary N) is 1. The molecule has 1 saturated carbocycles. The summed E-state index contributed by atoms with van der Waals surface area (Å²) in [5.41, 5.74) is 1.47. The van der Waals surface area contributed by atoms with Crippen molar-refractivity contribution in [2.45, 2.75) is 45.1 Å². The van der Waals surface area contributed by atoms with Crippen molar-refractivity contribution in [1.29, 1.82) is 0 Å². The zero-order valence-electron chi connectivity index (χ0n) is 18.0. The molecule has 8 heteroatoms. The Morgan fingerprint density at radius 2 is 1.91 bits per heavy atom. The molecule has 32 heavy (non-hydrogen) atoms. The number of fused-ring (bicyclic) bond motifs is 1. The molecule has 1 aliphatic carbocycles. The van der Waals surface area contributed by atoms with Crippen LogP contribution in [0, 0.1) is 23.7 Å². The van der Waals surface area contributed by atoms with Crippen molar-refractivity contribution < 1.29 is 18.3 Å². The monoisotopic (exact) mass is 453 g/mol. The van der Waals surface area contributed by atoms with Gasteiger partial charge in [-0.3, -0.25) is 4.72 Å². The second-order valence-corrected chi connectivity index (χ2v) is 10.2. The standard InChI is InChI=1S/C24H27N3O4S/c1-17-14-15-27(23-9-5-3-7-20(17)23)32(30,31)26-21-8-4-2-6-19(21)12-10-18-11-13-22(24(28)29)25-16-18/h2,4,6,8,11,13,16-17,20,23,26H,3,5,7,9,14-15H2,1H3,(H,28,29). The minimum atomic E-state index is -3.71. The number of carboxylic acids is 1. The van der Waals surface area contributed by atoms with Crippen molar-refractivity contribution in [2.24, 2.45) is 11.8 Å². The maximum absolute atomic E-state index is 13.3. The Morgan fingerprint density at radius 1 is 1.12 bits per heavy atom. The molecule has 3 unspecified atom stereocenters. The van der Waals surface area contributed by atoms with Gasteiger partial charge in [0.1, 0.15) is 5.69 Å². The number of benzene rings is 1. The SMILES string of the molecule is CC1CCN(S(=O)(=O)Nc2ccccc2C#Cc2ccc(C(=O)O)nc2)C2CCCCC12. The van der Waals surface area contributed by atoms with Crippen molar-refractivity contribution in [2.75, 3.05) is 11.3 Å². The number of aromatic carboxylic acids is 1. The first-order valence-electron chi connectivity index (χ1n) is 10.9. The first-order valence-corrected chi connectivity index (χ1v) is 12.4. The van der Waals surface area contributed by atoms with E-state index >= 15 is 0 Å². The van der Waals surface area contributed by atoms with Gasteiger partial charge in [0, 0.05) is 29.9 Å². The van der Waals surface area contributed by atoms with E-state index in [-0.39, 0.29) is 11.7 Å². The predicted octanol–water partition coefficient (Wildman–Crippen LogP) is 3.74. The van der Waals surface area contributed by atoms with Crippen LogP contribution in [0.4, 0.5) is 5.69 Å². The number of para-hydroxylation sites is 1. The van der Waals surface area contributed by atoms with Crippen LogP contribution >= 0.6 is 0 Å². The maximum atomic E-state index is 13.3. The van der Waals surface area contributed by atoms with Crippen LogP contribution < -0.4 is 4.72 Å². The first kappa shape index (κ1) is 22.3. The Kier molecular flexibility index (Phi) is 6.49. The molecule has 0 radical (unpaired) electrons. The van der Waals surface area contributed by atoms with E-state index in [1.165, 1.54) is 18.7 Å². The normalized spacial score (nSPS) is 23.5. The van der Waals surface area contributed by atoms with E-state index in [0.29, 0.717) is 35.2 Å². The number of rotatable bonds is 4. The highest BCUT2D eigenvalue weighted by molar-refractivity contribution is 7.90. The number of carboxylic acid groups (broad SMARTS) is 1. The average molecular weight is 454 g/mol. The van der Waals surface area contributed by atoms with Gasteiger partial charge in [0.2, 0.25) is 0 Å². The van der Waals surface area contributed by atoms with E-state index in [1.54, 1.807) is 34.6 Å². The van der Waals surface area contributed by atoms with Crippen LogP contribution in [-0.2, 0) is 10.2 Å². The molecule has 2 N–H and O–H groups in total. The quantitative estimate of drug-likeness (QED) is 0.687. The summed E-state index contributed by atoms with van der Waals surface area (Å²) in [6, 6.07) is 10.1. The summed E-state index contributed by atoms with van der Waals surface area (Å²) in [4.78, 5) is 14.8. The summed E-state index contributed by atoms with van der Waals surface area (Å²) in [6.45, 7) is 2.77. The van der Waals surface area contributed by atoms with Crippen LogP contribution in [0.25, 0.3) is 0 Å². The number of hydrogen-bond acceptors (Lipinski definition) is 4. The van der Waals surface area contributed by atoms with Crippen LogP contribution in [0.15, 0.2) is 42.6 Å². The highest BCUT2D eigenvalue weighted by Gasteiger charge is 2.42. The van der Waals surface area contributed by atoms with Gasteiger partial charge in [0.25, 0.3) is 0 Å². The van der Waals surface area contributed by atoms with E-state index in [9.17, 15) is 13.2 Å². The van der Waals surface area contributed by atoms with Crippen molar-refractivity contribution in [3.63, 3.8) is 0 Å². The van der Waals surface area contributed by atoms with Crippen LogP contribution in [0.3, 0.4) is 0 Å². The smallest absolute Gasteiger partial charge is 0.354 e. The summed E-state index contributed by atoms with van der Waals surface area (Å²) < 4.78 is 31.1. The van der Waals surface area contributed by atoms with E-state index in [1.807, 2.05) is 0 Å². The largest absolute Gasteiger partial charge is 0.477 e. The van der Waals surface area contributed by atoms with Crippen molar-refractivity contribution >= 4 is 21.9 Å². The van der Waals surface area contributed by atoms with Crippen molar-refractivity contribution in [3.8, 4) is 11.8 Å². The second kappa shape index (κ2) is 9.31. The van der Waals surface area contributed by atoms with Gasteiger partial charge in [-0.2, -0.15) is 12.7 Å². The number of piperidine rings is 1. The van der Waals surface area contributed by atoms with Gasteiger partial charge in [-0.15, -0.1) is 0 Å². The highest BCUT2D eigenvalue weighted by atomic mass is 32.2. The summed E-state index contributed by atoms with van der Waals surface area (Å²) in [6.07, 6.45) is 6.51. The molecule has 7 nitrogen and oxygen atoms in total. The molecule has 0 bridgehead atoms. The molecule has 3 atom stereocenters. The van der Waals surface area contributed by atoms with E-state index in [2.05, 4.69) is 28.5 Å². The lowest BCUT2D eigenvalue weighted by molar-refractivity contribution is 0.0690. The van der Waals surface area contributed by atoms with E-state index in [4.69, 9.17) is 5.11 Å². The van der Waals surface area contributed by atoms with Crippen LogP contribution in [-0.4, -0.2) is 41.4 Å². The number of hydrogen-bond donors (Lipinski definition) is 2. The van der Waals surface area contributed by atoms with Gasteiger partial charge in [-0.05, 0) is 55.4 Å². The molecule has 168 valence electrons. The lowest BCUT2D eigenvalue weighted by Crippen LogP contribution is -2.53. The van der Waals surface area contributed by atoms with Gasteiger partial charge in [0.05, 0.1) is 5.69 Å². The molecule has 2 aromatic rings. The lowest BCUT2D eigenvalue weighted by Gasteiger charge is -2.46. The number of carbonyl (C=O) groups is 1. The van der Waals surface area contributed by atoms with Crippen LogP contribution in [0.1, 0.15) is 60.6 Å².